The zero-order valence-electron chi connectivity index (χ0n) is 14.0. The molecule has 124 valence electrons. The normalized spacial score (nSPS) is 11.0. The Hall–Kier alpha value is -3.34. The first-order valence-corrected chi connectivity index (χ1v) is 7.98. The molecule has 25 heavy (non-hydrogen) atoms. The second-order valence-corrected chi connectivity index (χ2v) is 5.94. The quantitative estimate of drug-likeness (QED) is 0.623. The Balaban J connectivity index is 1.82. The molecule has 5 nitrogen and oxygen atoms in total. The summed E-state index contributed by atoms with van der Waals surface area (Å²) < 4.78 is 6.63. The van der Waals surface area contributed by atoms with Gasteiger partial charge in [-0.15, -0.1) is 0 Å². The minimum atomic E-state index is -0.144. The van der Waals surface area contributed by atoms with Crippen LogP contribution < -0.4 is 10.3 Å². The smallest absolute Gasteiger partial charge is 0.273 e. The predicted octanol–water partition coefficient (Wildman–Crippen LogP) is 3.67. The van der Waals surface area contributed by atoms with Crippen LogP contribution in [0.15, 0.2) is 65.5 Å². The van der Waals surface area contributed by atoms with Crippen LogP contribution >= 0.6 is 0 Å². The number of benzene rings is 2. The van der Waals surface area contributed by atoms with E-state index in [9.17, 15) is 4.79 Å². The van der Waals surface area contributed by atoms with E-state index in [1.54, 1.807) is 7.11 Å². The van der Waals surface area contributed by atoms with Crippen LogP contribution in [0.25, 0.3) is 28.2 Å². The topological polar surface area (TPSA) is 59.4 Å². The maximum Gasteiger partial charge on any atom is 0.273 e. The monoisotopic (exact) mass is 331 g/mol. The molecule has 1 N–H and O–H groups in total. The van der Waals surface area contributed by atoms with Crippen molar-refractivity contribution in [3.8, 4) is 28.3 Å². The van der Waals surface area contributed by atoms with Crippen molar-refractivity contribution in [2.75, 3.05) is 7.11 Å². The summed E-state index contributed by atoms with van der Waals surface area (Å²) in [5, 5.41) is 3.13. The van der Waals surface area contributed by atoms with Crippen molar-refractivity contribution in [3.05, 3.63) is 76.6 Å². The first kappa shape index (κ1) is 15.2. The van der Waals surface area contributed by atoms with E-state index in [4.69, 9.17) is 4.74 Å². The van der Waals surface area contributed by atoms with Crippen molar-refractivity contribution in [3.63, 3.8) is 0 Å². The Labute approximate surface area is 144 Å². The maximum absolute atomic E-state index is 12.5. The fourth-order valence-electron chi connectivity index (χ4n) is 2.86. The lowest BCUT2D eigenvalue weighted by atomic mass is 10.1. The molecular weight excluding hydrogens is 314 g/mol. The molecule has 4 aromatic rings. The van der Waals surface area contributed by atoms with Gasteiger partial charge >= 0.3 is 0 Å². The maximum atomic E-state index is 12.5. The second-order valence-electron chi connectivity index (χ2n) is 5.94. The van der Waals surface area contributed by atoms with Crippen LogP contribution in [0, 0.1) is 6.92 Å². The number of aryl methyl sites for hydroxylation is 1. The molecule has 0 saturated carbocycles. The Bertz CT molecular complexity index is 1110. The Morgan fingerprint density at radius 1 is 1.00 bits per heavy atom. The molecule has 2 heterocycles. The number of nitrogens with zero attached hydrogens (tertiary/aromatic N) is 2. The molecule has 0 atom stereocenters. The summed E-state index contributed by atoms with van der Waals surface area (Å²) in [5.74, 6) is 0.768. The van der Waals surface area contributed by atoms with Crippen molar-refractivity contribution in [2.24, 2.45) is 0 Å². The molecule has 2 aromatic carbocycles. The molecule has 0 unspecified atom stereocenters. The number of hydrogen-bond acceptors (Lipinski definition) is 3. The molecule has 0 spiro atoms. The predicted molar refractivity (Wildman–Crippen MR) is 98.0 cm³/mol. The van der Waals surface area contributed by atoms with Gasteiger partial charge in [0.2, 0.25) is 0 Å². The number of hydrogen-bond donors (Lipinski definition) is 1. The summed E-state index contributed by atoms with van der Waals surface area (Å²) in [6, 6.07) is 19.0. The van der Waals surface area contributed by atoms with Crippen LogP contribution in [0.3, 0.4) is 0 Å². The number of nitrogens with one attached hydrogen (secondary N) is 1. The molecule has 5 heteroatoms. The van der Waals surface area contributed by atoms with Crippen LogP contribution in [-0.4, -0.2) is 21.7 Å². The van der Waals surface area contributed by atoms with Gasteiger partial charge in [0.15, 0.2) is 5.65 Å². The van der Waals surface area contributed by atoms with Crippen molar-refractivity contribution in [2.45, 2.75) is 6.92 Å². The minimum Gasteiger partial charge on any atom is -0.497 e. The number of fused-ring (bicyclic) bond motifs is 1. The molecule has 0 aliphatic heterocycles. The molecule has 0 saturated heterocycles. The largest absolute Gasteiger partial charge is 0.497 e. The number of rotatable bonds is 3. The van der Waals surface area contributed by atoms with Gasteiger partial charge in [-0.05, 0) is 42.8 Å². The van der Waals surface area contributed by atoms with Gasteiger partial charge in [0.05, 0.1) is 18.5 Å². The highest BCUT2D eigenvalue weighted by Crippen LogP contribution is 2.23. The Morgan fingerprint density at radius 2 is 1.80 bits per heavy atom. The Morgan fingerprint density at radius 3 is 2.52 bits per heavy atom. The third kappa shape index (κ3) is 2.80. The summed E-state index contributed by atoms with van der Waals surface area (Å²) in [6.45, 7) is 2.04. The van der Waals surface area contributed by atoms with Gasteiger partial charge < -0.3 is 4.74 Å². The molecule has 0 aliphatic carbocycles. The standard InChI is InChI=1S/C20H17N3O2/c1-13-4-3-5-15(10-13)18-11-19-21-17(12-20(24)23(19)22-18)14-6-8-16(25-2)9-7-14/h3-12,22H,1-2H3. The number of methoxy groups -OCH3 is 1. The molecular formula is C20H17N3O2. The van der Waals surface area contributed by atoms with E-state index in [1.807, 2.05) is 55.5 Å². The summed E-state index contributed by atoms with van der Waals surface area (Å²) in [4.78, 5) is 17.1. The van der Waals surface area contributed by atoms with E-state index in [-0.39, 0.29) is 5.56 Å². The molecule has 0 bridgehead atoms. The van der Waals surface area contributed by atoms with Crippen LogP contribution in [0.1, 0.15) is 5.56 Å². The van der Waals surface area contributed by atoms with Gasteiger partial charge in [-0.25, -0.2) is 9.50 Å². The zero-order chi connectivity index (χ0) is 17.4. The molecule has 0 aliphatic rings. The van der Waals surface area contributed by atoms with E-state index in [0.717, 1.165) is 28.1 Å². The van der Waals surface area contributed by atoms with Gasteiger partial charge in [-0.1, -0.05) is 23.8 Å². The molecule has 4 rings (SSSR count). The summed E-state index contributed by atoms with van der Waals surface area (Å²) in [5.41, 5.74) is 5.01. The van der Waals surface area contributed by atoms with Gasteiger partial charge in [0, 0.05) is 17.7 Å². The first-order chi connectivity index (χ1) is 12.1. The van der Waals surface area contributed by atoms with Crippen LogP contribution in [-0.2, 0) is 0 Å². The van der Waals surface area contributed by atoms with Crippen molar-refractivity contribution < 1.29 is 4.74 Å². The number of ether oxygens (including phenoxy) is 1. The highest BCUT2D eigenvalue weighted by atomic mass is 16.5. The summed E-state index contributed by atoms with van der Waals surface area (Å²) in [6.07, 6.45) is 0. The minimum absolute atomic E-state index is 0.144. The summed E-state index contributed by atoms with van der Waals surface area (Å²) in [7, 11) is 1.62. The van der Waals surface area contributed by atoms with Gasteiger partial charge in [0.1, 0.15) is 5.75 Å². The van der Waals surface area contributed by atoms with Gasteiger partial charge in [-0.3, -0.25) is 9.89 Å². The van der Waals surface area contributed by atoms with E-state index in [0.29, 0.717) is 11.3 Å². The van der Waals surface area contributed by atoms with Crippen molar-refractivity contribution >= 4 is 5.65 Å². The van der Waals surface area contributed by atoms with Gasteiger partial charge in [-0.2, -0.15) is 0 Å². The summed E-state index contributed by atoms with van der Waals surface area (Å²) >= 11 is 0. The third-order valence-electron chi connectivity index (χ3n) is 4.17. The highest BCUT2D eigenvalue weighted by Gasteiger charge is 2.09. The third-order valence-corrected chi connectivity index (χ3v) is 4.17. The van der Waals surface area contributed by atoms with Crippen molar-refractivity contribution in [1.82, 2.24) is 14.6 Å². The van der Waals surface area contributed by atoms with E-state index in [1.165, 1.54) is 10.6 Å². The lowest BCUT2D eigenvalue weighted by Gasteiger charge is -2.03. The SMILES string of the molecule is COc1ccc(-c2cc(=O)n3[nH]c(-c4cccc(C)c4)cc3n2)cc1. The van der Waals surface area contributed by atoms with E-state index in [2.05, 4.69) is 16.1 Å². The van der Waals surface area contributed by atoms with Crippen LogP contribution in [0.2, 0.25) is 0 Å². The first-order valence-electron chi connectivity index (χ1n) is 7.98. The van der Waals surface area contributed by atoms with E-state index >= 15 is 0 Å². The van der Waals surface area contributed by atoms with Gasteiger partial charge in [0.25, 0.3) is 5.56 Å². The van der Waals surface area contributed by atoms with Crippen LogP contribution in [0.5, 0.6) is 5.75 Å². The second kappa shape index (κ2) is 5.94. The fourth-order valence-corrected chi connectivity index (χ4v) is 2.86. The zero-order valence-corrected chi connectivity index (χ0v) is 14.0. The molecule has 0 radical (unpaired) electrons. The number of aromatic nitrogens is 3. The Kier molecular flexibility index (Phi) is 3.61. The number of H-pyrrole nitrogens is 1. The average Bonchev–Trinajstić information content (AvgIpc) is 3.07. The van der Waals surface area contributed by atoms with E-state index < -0.39 is 0 Å². The molecule has 2 aromatic heterocycles. The highest BCUT2D eigenvalue weighted by molar-refractivity contribution is 5.67. The fraction of sp³-hybridized carbons (Fsp3) is 0.100. The van der Waals surface area contributed by atoms with Crippen LogP contribution in [0.4, 0.5) is 0 Å². The lowest BCUT2D eigenvalue weighted by molar-refractivity contribution is 0.415. The molecule has 0 amide bonds. The average molecular weight is 331 g/mol. The molecule has 0 fully saturated rings. The van der Waals surface area contributed by atoms with Crippen molar-refractivity contribution in [1.29, 1.82) is 0 Å². The lowest BCUT2D eigenvalue weighted by Crippen LogP contribution is -2.14. The number of aromatic amines is 1.